The van der Waals surface area contributed by atoms with E-state index in [9.17, 15) is 23.7 Å². The maximum absolute atomic E-state index is 13.8. The van der Waals surface area contributed by atoms with E-state index in [0.29, 0.717) is 12.1 Å². The summed E-state index contributed by atoms with van der Waals surface area (Å²) in [4.78, 5) is 21.5. The van der Waals surface area contributed by atoms with Crippen LogP contribution in [0.2, 0.25) is 0 Å². The lowest BCUT2D eigenvalue weighted by molar-refractivity contribution is -0.387. The Morgan fingerprint density at radius 2 is 1.90 bits per heavy atom. The second-order valence-corrected chi connectivity index (χ2v) is 5.57. The first-order valence-corrected chi connectivity index (χ1v) is 5.99. The summed E-state index contributed by atoms with van der Waals surface area (Å²) in [5.41, 5.74) is -2.18. The molecule has 5 nitrogen and oxygen atoms in total. The molecule has 0 aliphatic carbocycles. The monoisotopic (exact) mass is 286 g/mol. The van der Waals surface area contributed by atoms with Crippen LogP contribution in [0.4, 0.5) is 14.5 Å². The van der Waals surface area contributed by atoms with E-state index in [1.807, 2.05) is 20.8 Å². The van der Waals surface area contributed by atoms with Crippen LogP contribution in [0.15, 0.2) is 12.1 Å². The predicted octanol–water partition coefficient (Wildman–Crippen LogP) is 3.04. The fraction of sp³-hybridized carbons (Fsp3) is 0.462. The molecular weight excluding hydrogens is 270 g/mol. The van der Waals surface area contributed by atoms with Crippen LogP contribution in [-0.4, -0.2) is 16.9 Å². The number of amides is 1. The van der Waals surface area contributed by atoms with Crippen LogP contribution in [0.3, 0.4) is 0 Å². The molecule has 110 valence electrons. The number of nitrogens with one attached hydrogen (secondary N) is 1. The zero-order chi connectivity index (χ0) is 15.7. The molecule has 20 heavy (non-hydrogen) atoms. The molecule has 1 amide bonds. The van der Waals surface area contributed by atoms with Crippen molar-refractivity contribution in [2.75, 3.05) is 0 Å². The van der Waals surface area contributed by atoms with Gasteiger partial charge in [0.15, 0.2) is 0 Å². The van der Waals surface area contributed by atoms with Gasteiger partial charge in [-0.25, -0.2) is 4.39 Å². The van der Waals surface area contributed by atoms with Gasteiger partial charge >= 0.3 is 5.69 Å². The van der Waals surface area contributed by atoms with Gasteiger partial charge < -0.3 is 5.32 Å². The van der Waals surface area contributed by atoms with Gasteiger partial charge in [-0.3, -0.25) is 14.9 Å². The Balaban J connectivity index is 3.17. The average Bonchev–Trinajstić information content (AvgIpc) is 2.26. The molecule has 1 aromatic carbocycles. The number of hydrogen-bond donors (Lipinski definition) is 1. The normalized spacial score (nSPS) is 12.9. The highest BCUT2D eigenvalue weighted by atomic mass is 19.1. The Kier molecular flexibility index (Phi) is 4.42. The summed E-state index contributed by atoms with van der Waals surface area (Å²) in [6, 6.07) is 1.03. The summed E-state index contributed by atoms with van der Waals surface area (Å²) in [7, 11) is 0. The largest absolute Gasteiger partial charge is 0.349 e. The van der Waals surface area contributed by atoms with Gasteiger partial charge in [-0.05, 0) is 18.4 Å². The molecule has 1 unspecified atom stereocenters. The van der Waals surface area contributed by atoms with Crippen LogP contribution in [0.25, 0.3) is 0 Å². The zero-order valence-electron chi connectivity index (χ0n) is 11.7. The molecule has 0 aromatic heterocycles. The minimum atomic E-state index is -1.46. The molecule has 0 saturated heterocycles. The van der Waals surface area contributed by atoms with Crippen molar-refractivity contribution in [1.29, 1.82) is 0 Å². The standard InChI is InChI=1S/C13H16F2N2O3/c1-7(13(2,3)4)16-12(18)10-8(14)5-6-9(11(10)15)17(19)20/h5-7H,1-4H3,(H,16,18). The molecule has 1 atom stereocenters. The van der Waals surface area contributed by atoms with Gasteiger partial charge in [-0.1, -0.05) is 20.8 Å². The third-order valence-corrected chi connectivity index (χ3v) is 3.14. The minimum absolute atomic E-state index is 0.316. The van der Waals surface area contributed by atoms with E-state index in [-0.39, 0.29) is 11.5 Å². The van der Waals surface area contributed by atoms with Crippen molar-refractivity contribution in [3.63, 3.8) is 0 Å². The highest BCUT2D eigenvalue weighted by Crippen LogP contribution is 2.24. The molecule has 0 radical (unpaired) electrons. The second kappa shape index (κ2) is 5.52. The maximum atomic E-state index is 13.8. The van der Waals surface area contributed by atoms with Crippen LogP contribution in [0.1, 0.15) is 38.1 Å². The molecule has 0 bridgehead atoms. The Labute approximate surface area is 115 Å². The molecule has 0 heterocycles. The predicted molar refractivity (Wildman–Crippen MR) is 69.4 cm³/mol. The highest BCUT2D eigenvalue weighted by molar-refractivity contribution is 5.95. The van der Waals surface area contributed by atoms with E-state index in [4.69, 9.17) is 0 Å². The van der Waals surface area contributed by atoms with Crippen molar-refractivity contribution in [2.45, 2.75) is 33.7 Å². The SMILES string of the molecule is CC(NC(=O)c1c(F)ccc([N+](=O)[O-])c1F)C(C)(C)C. The summed E-state index contributed by atoms with van der Waals surface area (Å²) >= 11 is 0. The van der Waals surface area contributed by atoms with Crippen LogP contribution in [-0.2, 0) is 0 Å². The molecule has 0 aliphatic rings. The third kappa shape index (κ3) is 3.28. The van der Waals surface area contributed by atoms with Crippen LogP contribution >= 0.6 is 0 Å². The van der Waals surface area contributed by atoms with E-state index in [0.717, 1.165) is 0 Å². The number of carbonyl (C=O) groups is 1. The summed E-state index contributed by atoms with van der Waals surface area (Å²) in [6.45, 7) is 7.22. The van der Waals surface area contributed by atoms with Gasteiger partial charge in [0.25, 0.3) is 5.91 Å². The van der Waals surface area contributed by atoms with Gasteiger partial charge in [0.2, 0.25) is 5.82 Å². The Morgan fingerprint density at radius 1 is 1.35 bits per heavy atom. The lowest BCUT2D eigenvalue weighted by Crippen LogP contribution is -2.42. The molecular formula is C13H16F2N2O3. The second-order valence-electron chi connectivity index (χ2n) is 5.57. The molecule has 0 saturated carbocycles. The number of rotatable bonds is 3. The van der Waals surface area contributed by atoms with E-state index in [1.54, 1.807) is 6.92 Å². The lowest BCUT2D eigenvalue weighted by Gasteiger charge is -2.28. The number of hydrogen-bond acceptors (Lipinski definition) is 3. The van der Waals surface area contributed by atoms with Crippen LogP contribution < -0.4 is 5.32 Å². The number of nitro benzene ring substituents is 1. The van der Waals surface area contributed by atoms with Crippen molar-refractivity contribution in [3.8, 4) is 0 Å². The first-order valence-electron chi connectivity index (χ1n) is 5.99. The van der Waals surface area contributed by atoms with E-state index >= 15 is 0 Å². The lowest BCUT2D eigenvalue weighted by atomic mass is 9.88. The molecule has 0 aliphatic heterocycles. The highest BCUT2D eigenvalue weighted by Gasteiger charge is 2.29. The minimum Gasteiger partial charge on any atom is -0.349 e. The smallest absolute Gasteiger partial charge is 0.305 e. The van der Waals surface area contributed by atoms with E-state index < -0.39 is 33.7 Å². The van der Waals surface area contributed by atoms with Gasteiger partial charge in [-0.15, -0.1) is 0 Å². The summed E-state index contributed by atoms with van der Waals surface area (Å²) in [5, 5.41) is 13.0. The molecule has 0 fully saturated rings. The quantitative estimate of drug-likeness (QED) is 0.685. The van der Waals surface area contributed by atoms with Crippen molar-refractivity contribution in [3.05, 3.63) is 39.4 Å². The Bertz CT molecular complexity index is 553. The van der Waals surface area contributed by atoms with E-state index in [2.05, 4.69) is 5.32 Å². The first-order chi connectivity index (χ1) is 9.05. The summed E-state index contributed by atoms with van der Waals surface area (Å²) in [5.74, 6) is -3.61. The number of carbonyl (C=O) groups excluding carboxylic acids is 1. The number of halogens is 2. The topological polar surface area (TPSA) is 72.2 Å². The zero-order valence-corrected chi connectivity index (χ0v) is 11.7. The Morgan fingerprint density at radius 3 is 2.35 bits per heavy atom. The van der Waals surface area contributed by atoms with Crippen LogP contribution in [0.5, 0.6) is 0 Å². The van der Waals surface area contributed by atoms with Gasteiger partial charge in [0, 0.05) is 12.1 Å². The molecule has 0 spiro atoms. The molecule has 7 heteroatoms. The summed E-state index contributed by atoms with van der Waals surface area (Å²) in [6.07, 6.45) is 0. The Hall–Kier alpha value is -2.05. The van der Waals surface area contributed by atoms with Crippen molar-refractivity contribution < 1.29 is 18.5 Å². The molecule has 1 aromatic rings. The average molecular weight is 286 g/mol. The summed E-state index contributed by atoms with van der Waals surface area (Å²) < 4.78 is 27.4. The number of benzene rings is 1. The molecule has 1 rings (SSSR count). The van der Waals surface area contributed by atoms with Crippen LogP contribution in [0, 0.1) is 27.2 Å². The molecule has 1 N–H and O–H groups in total. The maximum Gasteiger partial charge on any atom is 0.305 e. The fourth-order valence-corrected chi connectivity index (χ4v) is 1.38. The third-order valence-electron chi connectivity index (χ3n) is 3.14. The van der Waals surface area contributed by atoms with Crippen molar-refractivity contribution in [2.24, 2.45) is 5.41 Å². The van der Waals surface area contributed by atoms with Gasteiger partial charge in [-0.2, -0.15) is 4.39 Å². The van der Waals surface area contributed by atoms with Gasteiger partial charge in [0.1, 0.15) is 11.4 Å². The fourth-order valence-electron chi connectivity index (χ4n) is 1.38. The van der Waals surface area contributed by atoms with Crippen molar-refractivity contribution in [1.82, 2.24) is 5.32 Å². The first kappa shape index (κ1) is 16.0. The van der Waals surface area contributed by atoms with Gasteiger partial charge in [0.05, 0.1) is 4.92 Å². The van der Waals surface area contributed by atoms with E-state index in [1.165, 1.54) is 0 Å². The number of nitro groups is 1. The number of nitrogens with zero attached hydrogens (tertiary/aromatic N) is 1. The van der Waals surface area contributed by atoms with Crippen molar-refractivity contribution >= 4 is 11.6 Å².